The van der Waals surface area contributed by atoms with Crippen molar-refractivity contribution in [2.75, 3.05) is 0 Å². The molecule has 0 unspecified atom stereocenters. The third-order valence-electron chi connectivity index (χ3n) is 2.81. The first kappa shape index (κ1) is 14.9. The van der Waals surface area contributed by atoms with Gasteiger partial charge in [-0.3, -0.25) is 4.79 Å². The van der Waals surface area contributed by atoms with E-state index in [9.17, 15) is 9.59 Å². The minimum Gasteiger partial charge on any atom is -0.480 e. The first-order chi connectivity index (χ1) is 7.20. The number of aliphatic carboxylic acids is 1. The summed E-state index contributed by atoms with van der Waals surface area (Å²) in [6.45, 7) is 9.42. The fourth-order valence-electron chi connectivity index (χ4n) is 1.21. The first-order valence-corrected chi connectivity index (χ1v) is 5.74. The molecule has 1 amide bonds. The molecule has 0 heterocycles. The molecule has 0 spiro atoms. The Morgan fingerprint density at radius 2 is 1.81 bits per heavy atom. The van der Waals surface area contributed by atoms with Gasteiger partial charge in [0, 0.05) is 5.41 Å². The predicted octanol–water partition coefficient (Wildman–Crippen LogP) is 2.04. The minimum absolute atomic E-state index is 0.192. The molecule has 0 fully saturated rings. The zero-order chi connectivity index (χ0) is 12.9. The zero-order valence-electron chi connectivity index (χ0n) is 10.8. The molecule has 0 radical (unpaired) electrons. The molecular formula is C12H23NO3. The molecule has 4 heteroatoms. The van der Waals surface area contributed by atoms with Crippen LogP contribution in [0.3, 0.4) is 0 Å². The van der Waals surface area contributed by atoms with E-state index in [1.807, 2.05) is 34.6 Å². The van der Waals surface area contributed by atoms with Crippen molar-refractivity contribution in [3.63, 3.8) is 0 Å². The first-order valence-electron chi connectivity index (χ1n) is 5.74. The Hall–Kier alpha value is -1.06. The largest absolute Gasteiger partial charge is 0.480 e. The van der Waals surface area contributed by atoms with Gasteiger partial charge >= 0.3 is 5.97 Å². The van der Waals surface area contributed by atoms with Crippen LogP contribution in [0.1, 0.15) is 47.5 Å². The lowest BCUT2D eigenvalue weighted by atomic mass is 9.88. The second-order valence-electron chi connectivity index (χ2n) is 5.23. The van der Waals surface area contributed by atoms with Crippen LogP contribution in [0.15, 0.2) is 0 Å². The molecule has 0 aliphatic heterocycles. The lowest BCUT2D eigenvalue weighted by Gasteiger charge is -2.25. The average molecular weight is 229 g/mol. The van der Waals surface area contributed by atoms with Gasteiger partial charge in [-0.05, 0) is 18.8 Å². The summed E-state index contributed by atoms with van der Waals surface area (Å²) in [7, 11) is 0. The van der Waals surface area contributed by atoms with E-state index < -0.39 is 17.4 Å². The quantitative estimate of drug-likeness (QED) is 0.732. The third-order valence-corrected chi connectivity index (χ3v) is 2.81. The maximum Gasteiger partial charge on any atom is 0.326 e. The molecule has 0 aromatic rings. The van der Waals surface area contributed by atoms with E-state index >= 15 is 0 Å². The summed E-state index contributed by atoms with van der Waals surface area (Å²) in [5.74, 6) is -0.914. The Kier molecular flexibility index (Phi) is 5.48. The van der Waals surface area contributed by atoms with Gasteiger partial charge in [0.25, 0.3) is 0 Å². The summed E-state index contributed by atoms with van der Waals surface area (Å²) < 4.78 is 0. The molecular weight excluding hydrogens is 206 g/mol. The molecule has 1 atom stereocenters. The van der Waals surface area contributed by atoms with Gasteiger partial charge in [-0.2, -0.15) is 0 Å². The third kappa shape index (κ3) is 4.64. The second kappa shape index (κ2) is 5.87. The van der Waals surface area contributed by atoms with Gasteiger partial charge in [-0.25, -0.2) is 4.79 Å². The van der Waals surface area contributed by atoms with Gasteiger partial charge in [-0.15, -0.1) is 0 Å². The van der Waals surface area contributed by atoms with Gasteiger partial charge in [-0.1, -0.05) is 34.6 Å². The lowest BCUT2D eigenvalue weighted by Crippen LogP contribution is -2.47. The summed E-state index contributed by atoms with van der Waals surface area (Å²) in [5, 5.41) is 11.6. The number of rotatable bonds is 6. The maximum absolute atomic E-state index is 11.8. The topological polar surface area (TPSA) is 66.4 Å². The van der Waals surface area contributed by atoms with Crippen molar-refractivity contribution in [3.8, 4) is 0 Å². The molecule has 0 rings (SSSR count). The van der Waals surface area contributed by atoms with Crippen LogP contribution in [0.2, 0.25) is 0 Å². The number of amides is 1. The van der Waals surface area contributed by atoms with Gasteiger partial charge in [0.2, 0.25) is 5.91 Å². The maximum atomic E-state index is 11.8. The molecule has 4 nitrogen and oxygen atoms in total. The van der Waals surface area contributed by atoms with Gasteiger partial charge in [0.1, 0.15) is 6.04 Å². The van der Waals surface area contributed by atoms with Crippen LogP contribution in [0.4, 0.5) is 0 Å². The highest BCUT2D eigenvalue weighted by Crippen LogP contribution is 2.20. The van der Waals surface area contributed by atoms with Crippen LogP contribution in [0.25, 0.3) is 0 Å². The molecule has 0 aromatic heterocycles. The molecule has 0 bridgehead atoms. The summed E-state index contributed by atoms with van der Waals surface area (Å²) in [6, 6.07) is -0.779. The lowest BCUT2D eigenvalue weighted by molar-refractivity contribution is -0.144. The number of carbonyl (C=O) groups is 2. The highest BCUT2D eigenvalue weighted by Gasteiger charge is 2.29. The van der Waals surface area contributed by atoms with Crippen LogP contribution >= 0.6 is 0 Å². The minimum atomic E-state index is -0.964. The van der Waals surface area contributed by atoms with Crippen LogP contribution in [0.5, 0.6) is 0 Å². The Morgan fingerprint density at radius 1 is 1.31 bits per heavy atom. The molecule has 0 aliphatic rings. The van der Waals surface area contributed by atoms with Crippen LogP contribution in [-0.2, 0) is 9.59 Å². The van der Waals surface area contributed by atoms with Crippen molar-refractivity contribution in [1.82, 2.24) is 5.32 Å². The Balaban J connectivity index is 4.52. The van der Waals surface area contributed by atoms with E-state index in [1.165, 1.54) is 0 Å². The van der Waals surface area contributed by atoms with Crippen molar-refractivity contribution in [2.45, 2.75) is 53.5 Å². The number of nitrogens with one attached hydrogen (secondary N) is 1. The summed E-state index contributed by atoms with van der Waals surface area (Å²) in [5.41, 5.74) is -0.509. The van der Waals surface area contributed by atoms with Crippen molar-refractivity contribution >= 4 is 11.9 Å². The zero-order valence-corrected chi connectivity index (χ0v) is 10.8. The van der Waals surface area contributed by atoms with E-state index in [2.05, 4.69) is 5.32 Å². The summed E-state index contributed by atoms with van der Waals surface area (Å²) in [6.07, 6.45) is 1.15. The summed E-state index contributed by atoms with van der Waals surface area (Å²) >= 11 is 0. The molecule has 0 saturated carbocycles. The Morgan fingerprint density at radius 3 is 2.12 bits per heavy atom. The fourth-order valence-corrected chi connectivity index (χ4v) is 1.21. The van der Waals surface area contributed by atoms with Gasteiger partial charge < -0.3 is 10.4 Å². The fraction of sp³-hybridized carbons (Fsp3) is 0.833. The number of hydrogen-bond donors (Lipinski definition) is 2. The van der Waals surface area contributed by atoms with E-state index in [-0.39, 0.29) is 11.8 Å². The highest BCUT2D eigenvalue weighted by molar-refractivity contribution is 5.86. The van der Waals surface area contributed by atoms with Crippen LogP contribution in [0, 0.1) is 11.3 Å². The number of carbonyl (C=O) groups excluding carboxylic acids is 1. The Labute approximate surface area is 97.4 Å². The molecule has 0 aromatic carbocycles. The van der Waals surface area contributed by atoms with Crippen molar-refractivity contribution in [3.05, 3.63) is 0 Å². The second-order valence-corrected chi connectivity index (χ2v) is 5.23. The normalized spacial score (nSPS) is 13.6. The molecule has 0 aliphatic carbocycles. The Bertz CT molecular complexity index is 259. The van der Waals surface area contributed by atoms with E-state index in [4.69, 9.17) is 5.11 Å². The molecule has 94 valence electrons. The van der Waals surface area contributed by atoms with Crippen molar-refractivity contribution in [2.24, 2.45) is 11.3 Å². The van der Waals surface area contributed by atoms with Crippen LogP contribution in [-0.4, -0.2) is 23.0 Å². The predicted molar refractivity (Wildman–Crippen MR) is 63.1 cm³/mol. The molecule has 16 heavy (non-hydrogen) atoms. The molecule has 0 saturated heterocycles. The van der Waals surface area contributed by atoms with Crippen LogP contribution < -0.4 is 5.32 Å². The monoisotopic (exact) mass is 229 g/mol. The van der Waals surface area contributed by atoms with Crippen molar-refractivity contribution < 1.29 is 14.7 Å². The van der Waals surface area contributed by atoms with E-state index in [0.717, 1.165) is 0 Å². The van der Waals surface area contributed by atoms with Crippen molar-refractivity contribution in [1.29, 1.82) is 0 Å². The van der Waals surface area contributed by atoms with E-state index in [1.54, 1.807) is 0 Å². The molecule has 2 N–H and O–H groups in total. The number of carboxylic acid groups (broad SMARTS) is 1. The standard InChI is InChI=1S/C12H23NO3/c1-6-12(4,5)11(16)13-9(10(14)15)7-8(2)3/h8-9H,6-7H2,1-5H3,(H,13,16)(H,14,15)/t9-/m0/s1. The highest BCUT2D eigenvalue weighted by atomic mass is 16.4. The smallest absolute Gasteiger partial charge is 0.326 e. The van der Waals surface area contributed by atoms with Gasteiger partial charge in [0.05, 0.1) is 0 Å². The average Bonchev–Trinajstić information content (AvgIpc) is 2.15. The number of hydrogen-bond acceptors (Lipinski definition) is 2. The number of carboxylic acids is 1. The SMILES string of the molecule is CCC(C)(C)C(=O)N[C@@H](CC(C)C)C(=O)O. The van der Waals surface area contributed by atoms with E-state index in [0.29, 0.717) is 12.8 Å². The summed E-state index contributed by atoms with van der Waals surface area (Å²) in [4.78, 5) is 22.8. The van der Waals surface area contributed by atoms with Gasteiger partial charge in [0.15, 0.2) is 0 Å².